The monoisotopic (exact) mass is 316 g/mol. The fourth-order valence-electron chi connectivity index (χ4n) is 1.59. The SMILES string of the molecule is CCC(CC)(CBr)CSc1ccc(OC)cc1. The van der Waals surface area contributed by atoms with E-state index in [2.05, 4.69) is 41.9 Å². The Balaban J connectivity index is 2.59. The van der Waals surface area contributed by atoms with Crippen LogP contribution >= 0.6 is 27.7 Å². The maximum atomic E-state index is 5.16. The molecule has 0 aromatic heterocycles. The van der Waals surface area contributed by atoms with Crippen molar-refractivity contribution in [2.75, 3.05) is 18.2 Å². The van der Waals surface area contributed by atoms with Crippen LogP contribution in [0.4, 0.5) is 0 Å². The first-order chi connectivity index (χ1) is 8.19. The van der Waals surface area contributed by atoms with Gasteiger partial charge >= 0.3 is 0 Å². The highest BCUT2D eigenvalue weighted by molar-refractivity contribution is 9.09. The first-order valence-electron chi connectivity index (χ1n) is 6.02. The fraction of sp³-hybridized carbons (Fsp3) is 0.571. The molecular weight excluding hydrogens is 296 g/mol. The van der Waals surface area contributed by atoms with E-state index in [1.165, 1.54) is 17.7 Å². The van der Waals surface area contributed by atoms with E-state index in [9.17, 15) is 0 Å². The summed E-state index contributed by atoms with van der Waals surface area (Å²) in [6.45, 7) is 4.55. The van der Waals surface area contributed by atoms with Crippen molar-refractivity contribution in [1.82, 2.24) is 0 Å². The second kappa shape index (κ2) is 7.32. The molecule has 0 saturated heterocycles. The molecular formula is C14H21BrOS. The minimum absolute atomic E-state index is 0.421. The van der Waals surface area contributed by atoms with Crippen molar-refractivity contribution >= 4 is 27.7 Å². The molecule has 0 N–H and O–H groups in total. The standard InChI is InChI=1S/C14H21BrOS/c1-4-14(5-2,10-15)11-17-13-8-6-12(16-3)7-9-13/h6-9H,4-5,10-11H2,1-3H3. The number of hydrogen-bond acceptors (Lipinski definition) is 2. The summed E-state index contributed by atoms with van der Waals surface area (Å²) in [4.78, 5) is 1.32. The van der Waals surface area contributed by atoms with Crippen molar-refractivity contribution in [3.63, 3.8) is 0 Å². The van der Waals surface area contributed by atoms with Crippen LogP contribution in [0.1, 0.15) is 26.7 Å². The van der Waals surface area contributed by atoms with Crippen LogP contribution in [0, 0.1) is 5.41 Å². The lowest BCUT2D eigenvalue weighted by molar-refractivity contribution is 0.359. The third kappa shape index (κ3) is 4.22. The molecule has 0 radical (unpaired) electrons. The summed E-state index contributed by atoms with van der Waals surface area (Å²) in [6.07, 6.45) is 2.44. The molecule has 1 aromatic rings. The van der Waals surface area contributed by atoms with Gasteiger partial charge in [-0.3, -0.25) is 0 Å². The summed E-state index contributed by atoms with van der Waals surface area (Å²) in [6, 6.07) is 8.31. The Bertz CT molecular complexity index is 311. The molecule has 0 aliphatic heterocycles. The number of ether oxygens (including phenoxy) is 1. The van der Waals surface area contributed by atoms with Crippen molar-refractivity contribution in [2.24, 2.45) is 5.41 Å². The van der Waals surface area contributed by atoms with Gasteiger partial charge in [0.15, 0.2) is 0 Å². The molecule has 1 aromatic carbocycles. The third-order valence-electron chi connectivity index (χ3n) is 3.39. The number of rotatable bonds is 7. The quantitative estimate of drug-likeness (QED) is 0.517. The molecule has 17 heavy (non-hydrogen) atoms. The topological polar surface area (TPSA) is 9.23 Å². The van der Waals surface area contributed by atoms with E-state index in [1.54, 1.807) is 7.11 Å². The van der Waals surface area contributed by atoms with Gasteiger partial charge in [-0.25, -0.2) is 0 Å². The van der Waals surface area contributed by atoms with Gasteiger partial charge in [-0.15, -0.1) is 11.8 Å². The molecule has 1 nitrogen and oxygen atoms in total. The Labute approximate surface area is 117 Å². The Kier molecular flexibility index (Phi) is 6.42. The van der Waals surface area contributed by atoms with Crippen LogP contribution in [-0.4, -0.2) is 18.2 Å². The van der Waals surface area contributed by atoms with Crippen LogP contribution in [-0.2, 0) is 0 Å². The summed E-state index contributed by atoms with van der Waals surface area (Å²) >= 11 is 5.59. The van der Waals surface area contributed by atoms with Gasteiger partial charge in [0.05, 0.1) is 7.11 Å². The van der Waals surface area contributed by atoms with E-state index in [4.69, 9.17) is 4.74 Å². The van der Waals surface area contributed by atoms with Crippen molar-refractivity contribution < 1.29 is 4.74 Å². The van der Waals surface area contributed by atoms with Crippen molar-refractivity contribution in [2.45, 2.75) is 31.6 Å². The van der Waals surface area contributed by atoms with Gasteiger partial charge in [0.25, 0.3) is 0 Å². The average Bonchev–Trinajstić information content (AvgIpc) is 2.41. The molecule has 0 fully saturated rings. The van der Waals surface area contributed by atoms with E-state index >= 15 is 0 Å². The molecule has 0 amide bonds. The van der Waals surface area contributed by atoms with Crippen LogP contribution in [0.25, 0.3) is 0 Å². The maximum absolute atomic E-state index is 5.16. The predicted octanol–water partition coefficient (Wildman–Crippen LogP) is 4.99. The van der Waals surface area contributed by atoms with Gasteiger partial charge in [-0.05, 0) is 42.5 Å². The zero-order valence-corrected chi connectivity index (χ0v) is 13.2. The van der Waals surface area contributed by atoms with Gasteiger partial charge in [0.2, 0.25) is 0 Å². The van der Waals surface area contributed by atoms with Gasteiger partial charge in [0.1, 0.15) is 5.75 Å². The van der Waals surface area contributed by atoms with E-state index < -0.39 is 0 Å². The summed E-state index contributed by atoms with van der Waals surface area (Å²) < 4.78 is 5.16. The third-order valence-corrected chi connectivity index (χ3v) is 5.94. The number of thioether (sulfide) groups is 1. The lowest BCUT2D eigenvalue weighted by Crippen LogP contribution is -2.23. The minimum Gasteiger partial charge on any atom is -0.497 e. The zero-order valence-electron chi connectivity index (χ0n) is 10.8. The number of benzene rings is 1. The molecule has 0 aliphatic rings. The molecule has 0 heterocycles. The summed E-state index contributed by atoms with van der Waals surface area (Å²) in [5.41, 5.74) is 0.421. The molecule has 0 saturated carbocycles. The van der Waals surface area contributed by atoms with E-state index in [-0.39, 0.29) is 0 Å². The van der Waals surface area contributed by atoms with Crippen LogP contribution in [0.3, 0.4) is 0 Å². The van der Waals surface area contributed by atoms with Gasteiger partial charge in [0, 0.05) is 16.0 Å². The molecule has 3 heteroatoms. The van der Waals surface area contributed by atoms with E-state index in [0.29, 0.717) is 5.41 Å². The highest BCUT2D eigenvalue weighted by atomic mass is 79.9. The van der Waals surface area contributed by atoms with Crippen LogP contribution < -0.4 is 4.74 Å². The summed E-state index contributed by atoms with van der Waals surface area (Å²) in [7, 11) is 1.70. The van der Waals surface area contributed by atoms with Crippen LogP contribution in [0.2, 0.25) is 0 Å². The highest BCUT2D eigenvalue weighted by Gasteiger charge is 2.24. The normalized spacial score (nSPS) is 11.5. The molecule has 0 bridgehead atoms. The molecule has 96 valence electrons. The first-order valence-corrected chi connectivity index (χ1v) is 8.13. The number of alkyl halides is 1. The molecule has 0 spiro atoms. The van der Waals surface area contributed by atoms with Crippen LogP contribution in [0.5, 0.6) is 5.75 Å². The van der Waals surface area contributed by atoms with Crippen LogP contribution in [0.15, 0.2) is 29.2 Å². The summed E-state index contributed by atoms with van der Waals surface area (Å²) in [5, 5.41) is 1.08. The average molecular weight is 317 g/mol. The Morgan fingerprint density at radius 3 is 2.18 bits per heavy atom. The Morgan fingerprint density at radius 2 is 1.76 bits per heavy atom. The number of halogens is 1. The molecule has 1 rings (SSSR count). The largest absolute Gasteiger partial charge is 0.497 e. The lowest BCUT2D eigenvalue weighted by atomic mass is 9.87. The first kappa shape index (κ1) is 14.9. The Morgan fingerprint density at radius 1 is 1.18 bits per heavy atom. The van der Waals surface area contributed by atoms with Gasteiger partial charge in [-0.1, -0.05) is 29.8 Å². The number of hydrogen-bond donors (Lipinski definition) is 0. The molecule has 0 atom stereocenters. The van der Waals surface area contributed by atoms with E-state index in [0.717, 1.165) is 16.8 Å². The van der Waals surface area contributed by atoms with Crippen molar-refractivity contribution in [1.29, 1.82) is 0 Å². The highest BCUT2D eigenvalue weighted by Crippen LogP contribution is 2.35. The van der Waals surface area contributed by atoms with Crippen molar-refractivity contribution in [3.8, 4) is 5.75 Å². The Hall–Kier alpha value is -0.150. The minimum atomic E-state index is 0.421. The molecule has 0 unspecified atom stereocenters. The smallest absolute Gasteiger partial charge is 0.118 e. The zero-order chi connectivity index (χ0) is 12.7. The fourth-order valence-corrected chi connectivity index (χ4v) is 4.16. The lowest BCUT2D eigenvalue weighted by Gasteiger charge is -2.29. The van der Waals surface area contributed by atoms with Crippen molar-refractivity contribution in [3.05, 3.63) is 24.3 Å². The van der Waals surface area contributed by atoms with Gasteiger partial charge in [-0.2, -0.15) is 0 Å². The molecule has 0 aliphatic carbocycles. The number of methoxy groups -OCH3 is 1. The second-order valence-electron chi connectivity index (χ2n) is 4.30. The van der Waals surface area contributed by atoms with Gasteiger partial charge < -0.3 is 4.74 Å². The summed E-state index contributed by atoms with van der Waals surface area (Å²) in [5.74, 6) is 2.09. The van der Waals surface area contributed by atoms with E-state index in [1.807, 2.05) is 23.9 Å². The maximum Gasteiger partial charge on any atom is 0.118 e. The predicted molar refractivity (Wildman–Crippen MR) is 80.5 cm³/mol. The second-order valence-corrected chi connectivity index (χ2v) is 5.91.